The number of hydrogen-bond donors (Lipinski definition) is 1. The van der Waals surface area contributed by atoms with E-state index in [0.29, 0.717) is 5.69 Å². The first-order valence-electron chi connectivity index (χ1n) is 7.74. The Kier molecular flexibility index (Phi) is 4.92. The number of nitrogens with one attached hydrogen (secondary N) is 1. The number of piperidine rings is 1. The molecule has 6 heteroatoms. The lowest BCUT2D eigenvalue weighted by Crippen LogP contribution is -2.44. The summed E-state index contributed by atoms with van der Waals surface area (Å²) in [5.41, 5.74) is 1.32. The molecule has 0 bridgehead atoms. The van der Waals surface area contributed by atoms with Gasteiger partial charge in [-0.05, 0) is 30.5 Å². The number of aromatic nitrogens is 2. The number of likely N-dealkylation sites (tertiary alicyclic amines) is 1. The molecule has 3 rings (SSSR count). The molecule has 2 aromatic rings. The van der Waals surface area contributed by atoms with Crippen molar-refractivity contribution in [2.24, 2.45) is 0 Å². The smallest absolute Gasteiger partial charge is 0.271 e. The fourth-order valence-electron chi connectivity index (χ4n) is 2.80. The van der Waals surface area contributed by atoms with Gasteiger partial charge in [0.25, 0.3) is 5.91 Å². The van der Waals surface area contributed by atoms with Crippen LogP contribution in [0.5, 0.6) is 0 Å². The topological polar surface area (TPSA) is 58.1 Å². The summed E-state index contributed by atoms with van der Waals surface area (Å²) in [6.45, 7) is 2.49. The van der Waals surface area contributed by atoms with Gasteiger partial charge in [-0.3, -0.25) is 14.7 Å². The fraction of sp³-hybridized carbons (Fsp3) is 0.353. The molecule has 5 nitrogen and oxygen atoms in total. The van der Waals surface area contributed by atoms with E-state index in [9.17, 15) is 9.18 Å². The summed E-state index contributed by atoms with van der Waals surface area (Å²) in [5.74, 6) is -0.379. The second kappa shape index (κ2) is 7.28. The number of amides is 1. The molecule has 1 aromatic heterocycles. The molecule has 0 aliphatic carbocycles. The summed E-state index contributed by atoms with van der Waals surface area (Å²) in [5, 5.41) is 3.00. The number of rotatable bonds is 4. The van der Waals surface area contributed by atoms with Gasteiger partial charge < -0.3 is 5.32 Å². The Bertz CT molecular complexity index is 657. The maximum atomic E-state index is 13.2. The van der Waals surface area contributed by atoms with Gasteiger partial charge in [-0.25, -0.2) is 9.37 Å². The van der Waals surface area contributed by atoms with E-state index in [0.717, 1.165) is 38.0 Å². The number of halogens is 1. The maximum Gasteiger partial charge on any atom is 0.271 e. The van der Waals surface area contributed by atoms with Gasteiger partial charge in [0.15, 0.2) is 0 Å². The minimum absolute atomic E-state index is 0.147. The van der Waals surface area contributed by atoms with E-state index in [-0.39, 0.29) is 17.8 Å². The zero-order valence-corrected chi connectivity index (χ0v) is 12.8. The van der Waals surface area contributed by atoms with Gasteiger partial charge >= 0.3 is 0 Å². The summed E-state index contributed by atoms with van der Waals surface area (Å²) in [6, 6.07) is 6.84. The van der Waals surface area contributed by atoms with Crippen molar-refractivity contribution in [3.05, 3.63) is 59.9 Å². The lowest BCUT2D eigenvalue weighted by Gasteiger charge is -2.32. The van der Waals surface area contributed by atoms with Crippen LogP contribution in [0.3, 0.4) is 0 Å². The molecule has 1 aliphatic heterocycles. The van der Waals surface area contributed by atoms with E-state index in [1.54, 1.807) is 18.3 Å². The number of hydrogen-bond acceptors (Lipinski definition) is 4. The molecule has 2 heterocycles. The van der Waals surface area contributed by atoms with Crippen molar-refractivity contribution in [3.63, 3.8) is 0 Å². The minimum atomic E-state index is -0.200. The van der Waals surface area contributed by atoms with Crippen LogP contribution in [-0.4, -0.2) is 39.9 Å². The Balaban J connectivity index is 1.48. The summed E-state index contributed by atoms with van der Waals surface area (Å²) in [4.78, 5) is 22.2. The van der Waals surface area contributed by atoms with Crippen molar-refractivity contribution in [1.82, 2.24) is 20.2 Å². The molecule has 1 N–H and O–H groups in total. The Hall–Kier alpha value is -2.34. The summed E-state index contributed by atoms with van der Waals surface area (Å²) < 4.78 is 13.2. The molecule has 1 aromatic carbocycles. The van der Waals surface area contributed by atoms with Gasteiger partial charge in [-0.2, -0.15) is 0 Å². The highest BCUT2D eigenvalue weighted by molar-refractivity contribution is 5.92. The third-order valence-corrected chi connectivity index (χ3v) is 4.01. The third kappa shape index (κ3) is 4.32. The zero-order valence-electron chi connectivity index (χ0n) is 12.8. The van der Waals surface area contributed by atoms with Gasteiger partial charge in [-0.1, -0.05) is 12.1 Å². The van der Waals surface area contributed by atoms with Crippen LogP contribution in [0.1, 0.15) is 28.9 Å². The van der Waals surface area contributed by atoms with E-state index in [1.807, 2.05) is 6.07 Å². The van der Waals surface area contributed by atoms with Crippen molar-refractivity contribution >= 4 is 5.91 Å². The number of carbonyl (C=O) groups is 1. The second-order valence-electron chi connectivity index (χ2n) is 5.74. The van der Waals surface area contributed by atoms with Crippen molar-refractivity contribution in [2.75, 3.05) is 13.1 Å². The van der Waals surface area contributed by atoms with Crippen LogP contribution >= 0.6 is 0 Å². The van der Waals surface area contributed by atoms with Gasteiger partial charge in [0.1, 0.15) is 11.5 Å². The summed E-state index contributed by atoms with van der Waals surface area (Å²) in [6.07, 6.45) is 6.27. The van der Waals surface area contributed by atoms with Gasteiger partial charge in [0, 0.05) is 38.1 Å². The first kappa shape index (κ1) is 15.6. The molecule has 1 aliphatic rings. The van der Waals surface area contributed by atoms with Crippen LogP contribution in [0.25, 0.3) is 0 Å². The van der Waals surface area contributed by atoms with Crippen LogP contribution in [0, 0.1) is 5.82 Å². The van der Waals surface area contributed by atoms with Crippen LogP contribution in [0.4, 0.5) is 4.39 Å². The van der Waals surface area contributed by atoms with Crippen molar-refractivity contribution in [1.29, 1.82) is 0 Å². The second-order valence-corrected chi connectivity index (χ2v) is 5.74. The zero-order chi connectivity index (χ0) is 16.1. The van der Waals surface area contributed by atoms with Crippen LogP contribution in [0.2, 0.25) is 0 Å². The molecule has 0 unspecified atom stereocenters. The van der Waals surface area contributed by atoms with Crippen molar-refractivity contribution < 1.29 is 9.18 Å². The maximum absolute atomic E-state index is 13.2. The quantitative estimate of drug-likeness (QED) is 0.938. The standard InChI is InChI=1S/C17H19FN4O/c18-14-3-1-2-13(10-14)12-22-8-4-15(5-9-22)21-17(23)16-11-19-6-7-20-16/h1-3,6-7,10-11,15H,4-5,8-9,12H2,(H,21,23). The van der Waals surface area contributed by atoms with Gasteiger partial charge in [0.05, 0.1) is 6.20 Å². The van der Waals surface area contributed by atoms with E-state index in [4.69, 9.17) is 0 Å². The Morgan fingerprint density at radius 3 is 2.83 bits per heavy atom. The first-order valence-corrected chi connectivity index (χ1v) is 7.74. The summed E-state index contributed by atoms with van der Waals surface area (Å²) in [7, 11) is 0. The molecule has 0 spiro atoms. The third-order valence-electron chi connectivity index (χ3n) is 4.01. The number of nitrogens with zero attached hydrogens (tertiary/aromatic N) is 3. The van der Waals surface area contributed by atoms with Crippen molar-refractivity contribution in [2.45, 2.75) is 25.4 Å². The predicted octanol–water partition coefficient (Wildman–Crippen LogP) is 2.01. The van der Waals surface area contributed by atoms with Crippen molar-refractivity contribution in [3.8, 4) is 0 Å². The van der Waals surface area contributed by atoms with Crippen LogP contribution in [-0.2, 0) is 6.54 Å². The minimum Gasteiger partial charge on any atom is -0.348 e. The van der Waals surface area contributed by atoms with Crippen LogP contribution < -0.4 is 5.32 Å². The highest BCUT2D eigenvalue weighted by Crippen LogP contribution is 2.15. The highest BCUT2D eigenvalue weighted by Gasteiger charge is 2.21. The highest BCUT2D eigenvalue weighted by atomic mass is 19.1. The lowest BCUT2D eigenvalue weighted by atomic mass is 10.0. The molecule has 0 saturated carbocycles. The van der Waals surface area contributed by atoms with Gasteiger partial charge in [0.2, 0.25) is 0 Å². The largest absolute Gasteiger partial charge is 0.348 e. The molecule has 0 radical (unpaired) electrons. The lowest BCUT2D eigenvalue weighted by molar-refractivity contribution is 0.0903. The van der Waals surface area contributed by atoms with E-state index < -0.39 is 0 Å². The molecule has 0 atom stereocenters. The Labute approximate surface area is 134 Å². The Morgan fingerprint density at radius 1 is 1.30 bits per heavy atom. The molecule has 120 valence electrons. The van der Waals surface area contributed by atoms with E-state index in [2.05, 4.69) is 20.2 Å². The van der Waals surface area contributed by atoms with E-state index in [1.165, 1.54) is 18.5 Å². The summed E-state index contributed by atoms with van der Waals surface area (Å²) >= 11 is 0. The Morgan fingerprint density at radius 2 is 2.13 bits per heavy atom. The SMILES string of the molecule is O=C(NC1CCN(Cc2cccc(F)c2)CC1)c1cnccn1. The fourth-order valence-corrected chi connectivity index (χ4v) is 2.80. The number of carbonyl (C=O) groups excluding carboxylic acids is 1. The van der Waals surface area contributed by atoms with Gasteiger partial charge in [-0.15, -0.1) is 0 Å². The first-order chi connectivity index (χ1) is 11.2. The monoisotopic (exact) mass is 314 g/mol. The average Bonchev–Trinajstić information content (AvgIpc) is 2.57. The van der Waals surface area contributed by atoms with Crippen LogP contribution in [0.15, 0.2) is 42.9 Å². The molecule has 1 amide bonds. The predicted molar refractivity (Wildman–Crippen MR) is 84.2 cm³/mol. The van der Waals surface area contributed by atoms with E-state index >= 15 is 0 Å². The number of benzene rings is 1. The molecule has 23 heavy (non-hydrogen) atoms. The molecular formula is C17H19FN4O. The average molecular weight is 314 g/mol. The normalized spacial score (nSPS) is 16.2. The molecular weight excluding hydrogens is 295 g/mol. The molecule has 1 fully saturated rings. The molecule has 1 saturated heterocycles.